The Morgan fingerprint density at radius 2 is 2.06 bits per heavy atom. The molecule has 16 heavy (non-hydrogen) atoms. The molecule has 0 spiro atoms. The molecule has 3 N–H and O–H groups in total. The number of fused-ring (bicyclic) bond motifs is 1. The van der Waals surface area contributed by atoms with E-state index < -0.39 is 0 Å². The molecule has 1 aromatic heterocycles. The van der Waals surface area contributed by atoms with Gasteiger partial charge < -0.3 is 11.1 Å². The van der Waals surface area contributed by atoms with Gasteiger partial charge in [0.25, 0.3) is 0 Å². The summed E-state index contributed by atoms with van der Waals surface area (Å²) in [5, 5.41) is 8.09. The minimum atomic E-state index is 0.555. The molecule has 0 unspecified atom stereocenters. The first kappa shape index (κ1) is 10.1. The van der Waals surface area contributed by atoms with Crippen molar-refractivity contribution in [3.8, 4) is 0 Å². The van der Waals surface area contributed by atoms with Crippen molar-refractivity contribution in [1.29, 1.82) is 0 Å². The summed E-state index contributed by atoms with van der Waals surface area (Å²) in [6.07, 6.45) is 7.55. The lowest BCUT2D eigenvalue weighted by molar-refractivity contribution is 0.332. The van der Waals surface area contributed by atoms with Gasteiger partial charge in [-0.3, -0.25) is 0 Å². The van der Waals surface area contributed by atoms with Crippen LogP contribution >= 0.6 is 0 Å². The summed E-state index contributed by atoms with van der Waals surface area (Å²) in [6, 6.07) is 0.555. The van der Waals surface area contributed by atoms with Gasteiger partial charge in [0.2, 0.25) is 0 Å². The lowest BCUT2D eigenvalue weighted by Gasteiger charge is -2.23. The number of hydrogen-bond donors (Lipinski definition) is 2. The number of nitrogens with one attached hydrogen (secondary N) is 1. The predicted octanol–water partition coefficient (Wildman–Crippen LogP) is 1.62. The average molecular weight is 220 g/mol. The first-order valence-electron chi connectivity index (χ1n) is 6.42. The SMILES string of the molecule is Nc1c2c(nn1C1CCCCC1)CCNC2. The van der Waals surface area contributed by atoms with E-state index in [4.69, 9.17) is 10.8 Å². The molecule has 1 aliphatic heterocycles. The van der Waals surface area contributed by atoms with Crippen LogP contribution in [0.2, 0.25) is 0 Å². The van der Waals surface area contributed by atoms with Gasteiger partial charge in [0.05, 0.1) is 11.7 Å². The van der Waals surface area contributed by atoms with Crippen LogP contribution in [0.5, 0.6) is 0 Å². The van der Waals surface area contributed by atoms with E-state index in [0.717, 1.165) is 25.3 Å². The maximum Gasteiger partial charge on any atom is 0.126 e. The molecule has 0 atom stereocenters. The molecule has 2 heterocycles. The van der Waals surface area contributed by atoms with E-state index in [9.17, 15) is 0 Å². The molecule has 0 aromatic carbocycles. The number of nitrogen functional groups attached to an aromatic ring is 1. The van der Waals surface area contributed by atoms with E-state index in [-0.39, 0.29) is 0 Å². The quantitative estimate of drug-likeness (QED) is 0.756. The van der Waals surface area contributed by atoms with Gasteiger partial charge in [0, 0.05) is 25.1 Å². The number of anilines is 1. The molecule has 1 aromatic rings. The molecular weight excluding hydrogens is 200 g/mol. The van der Waals surface area contributed by atoms with Crippen molar-refractivity contribution in [3.63, 3.8) is 0 Å². The molecule has 1 fully saturated rings. The van der Waals surface area contributed by atoms with E-state index in [1.807, 2.05) is 0 Å². The number of nitrogens with zero attached hydrogens (tertiary/aromatic N) is 2. The van der Waals surface area contributed by atoms with Crippen LogP contribution in [-0.2, 0) is 13.0 Å². The summed E-state index contributed by atoms with van der Waals surface area (Å²) in [6.45, 7) is 1.93. The minimum Gasteiger partial charge on any atom is -0.384 e. The van der Waals surface area contributed by atoms with Crippen molar-refractivity contribution in [3.05, 3.63) is 11.3 Å². The highest BCUT2D eigenvalue weighted by atomic mass is 15.3. The predicted molar refractivity (Wildman–Crippen MR) is 64.2 cm³/mol. The summed E-state index contributed by atoms with van der Waals surface area (Å²) in [4.78, 5) is 0. The largest absolute Gasteiger partial charge is 0.384 e. The Morgan fingerprint density at radius 1 is 1.25 bits per heavy atom. The van der Waals surface area contributed by atoms with Gasteiger partial charge in [-0.25, -0.2) is 4.68 Å². The second kappa shape index (κ2) is 4.09. The van der Waals surface area contributed by atoms with E-state index >= 15 is 0 Å². The highest BCUT2D eigenvalue weighted by molar-refractivity contribution is 5.45. The molecule has 4 heteroatoms. The summed E-state index contributed by atoms with van der Waals surface area (Å²) >= 11 is 0. The maximum atomic E-state index is 6.22. The van der Waals surface area contributed by atoms with Crippen LogP contribution in [0.3, 0.4) is 0 Å². The van der Waals surface area contributed by atoms with Crippen molar-refractivity contribution in [1.82, 2.24) is 15.1 Å². The molecule has 0 radical (unpaired) electrons. The van der Waals surface area contributed by atoms with Crippen LogP contribution in [0.4, 0.5) is 5.82 Å². The summed E-state index contributed by atoms with van der Waals surface area (Å²) in [5.41, 5.74) is 8.69. The zero-order valence-corrected chi connectivity index (χ0v) is 9.71. The fourth-order valence-corrected chi connectivity index (χ4v) is 2.95. The lowest BCUT2D eigenvalue weighted by Crippen LogP contribution is -2.23. The normalized spacial score (nSPS) is 22.0. The smallest absolute Gasteiger partial charge is 0.126 e. The summed E-state index contributed by atoms with van der Waals surface area (Å²) in [7, 11) is 0. The van der Waals surface area contributed by atoms with E-state index in [2.05, 4.69) is 10.00 Å². The summed E-state index contributed by atoms with van der Waals surface area (Å²) in [5.74, 6) is 0.911. The third-order valence-corrected chi connectivity index (χ3v) is 3.89. The van der Waals surface area contributed by atoms with Gasteiger partial charge in [-0.05, 0) is 12.8 Å². The highest BCUT2D eigenvalue weighted by Gasteiger charge is 2.23. The molecule has 4 nitrogen and oxygen atoms in total. The Morgan fingerprint density at radius 3 is 2.81 bits per heavy atom. The van der Waals surface area contributed by atoms with Gasteiger partial charge in [-0.1, -0.05) is 19.3 Å². The molecule has 3 rings (SSSR count). The monoisotopic (exact) mass is 220 g/mol. The van der Waals surface area contributed by atoms with Crippen molar-refractivity contribution in [2.24, 2.45) is 0 Å². The molecule has 0 bridgehead atoms. The van der Waals surface area contributed by atoms with Gasteiger partial charge in [-0.15, -0.1) is 0 Å². The fraction of sp³-hybridized carbons (Fsp3) is 0.750. The molecule has 1 saturated carbocycles. The molecule has 0 saturated heterocycles. The second-order valence-electron chi connectivity index (χ2n) is 4.97. The van der Waals surface area contributed by atoms with Crippen molar-refractivity contribution in [2.45, 2.75) is 51.1 Å². The zero-order chi connectivity index (χ0) is 11.0. The lowest BCUT2D eigenvalue weighted by atomic mass is 9.95. The van der Waals surface area contributed by atoms with Crippen LogP contribution in [0.25, 0.3) is 0 Å². The third-order valence-electron chi connectivity index (χ3n) is 3.89. The summed E-state index contributed by atoms with van der Waals surface area (Å²) < 4.78 is 2.11. The van der Waals surface area contributed by atoms with Gasteiger partial charge >= 0.3 is 0 Å². The molecule has 0 amide bonds. The minimum absolute atomic E-state index is 0.555. The third kappa shape index (κ3) is 1.61. The first-order valence-corrected chi connectivity index (χ1v) is 6.42. The Bertz CT molecular complexity index is 377. The Balaban J connectivity index is 1.91. The van der Waals surface area contributed by atoms with Crippen LogP contribution in [0, 0.1) is 0 Å². The standard InChI is InChI=1S/C12H20N4/c13-12-10-8-14-7-6-11(10)15-16(12)9-4-2-1-3-5-9/h9,14H,1-8,13H2. The molecule has 88 valence electrons. The van der Waals surface area contributed by atoms with Crippen molar-refractivity contribution < 1.29 is 0 Å². The zero-order valence-electron chi connectivity index (χ0n) is 9.71. The van der Waals surface area contributed by atoms with Crippen molar-refractivity contribution >= 4 is 5.82 Å². The molecule has 2 aliphatic rings. The fourth-order valence-electron chi connectivity index (χ4n) is 2.95. The van der Waals surface area contributed by atoms with E-state index in [1.165, 1.54) is 43.4 Å². The van der Waals surface area contributed by atoms with Crippen LogP contribution in [-0.4, -0.2) is 16.3 Å². The topological polar surface area (TPSA) is 55.9 Å². The van der Waals surface area contributed by atoms with Crippen LogP contribution in [0.1, 0.15) is 49.4 Å². The van der Waals surface area contributed by atoms with Crippen LogP contribution < -0.4 is 11.1 Å². The number of rotatable bonds is 1. The van der Waals surface area contributed by atoms with Crippen LogP contribution in [0.15, 0.2) is 0 Å². The Kier molecular flexibility index (Phi) is 2.59. The Labute approximate surface area is 96.2 Å². The number of aromatic nitrogens is 2. The molecular formula is C12H20N4. The van der Waals surface area contributed by atoms with Gasteiger partial charge in [0.1, 0.15) is 5.82 Å². The van der Waals surface area contributed by atoms with E-state index in [0.29, 0.717) is 6.04 Å². The van der Waals surface area contributed by atoms with Gasteiger partial charge in [0.15, 0.2) is 0 Å². The number of hydrogen-bond acceptors (Lipinski definition) is 3. The van der Waals surface area contributed by atoms with Gasteiger partial charge in [-0.2, -0.15) is 5.10 Å². The first-order chi connectivity index (χ1) is 7.86. The van der Waals surface area contributed by atoms with E-state index in [1.54, 1.807) is 0 Å². The van der Waals surface area contributed by atoms with Crippen molar-refractivity contribution in [2.75, 3.05) is 12.3 Å². The molecule has 1 aliphatic carbocycles. The average Bonchev–Trinajstić information content (AvgIpc) is 2.69. The maximum absolute atomic E-state index is 6.22. The Hall–Kier alpha value is -1.03. The number of nitrogens with two attached hydrogens (primary N) is 1. The second-order valence-corrected chi connectivity index (χ2v) is 4.97. The highest BCUT2D eigenvalue weighted by Crippen LogP contribution is 2.32.